The first-order chi connectivity index (χ1) is 12.7. The molecule has 3 heterocycles. The summed E-state index contributed by atoms with van der Waals surface area (Å²) in [5, 5.41) is 4.21. The van der Waals surface area contributed by atoms with E-state index >= 15 is 0 Å². The van der Waals surface area contributed by atoms with Gasteiger partial charge in [-0.25, -0.2) is 0 Å². The van der Waals surface area contributed by atoms with E-state index in [2.05, 4.69) is 21.8 Å². The van der Waals surface area contributed by atoms with Crippen molar-refractivity contribution in [1.82, 2.24) is 19.6 Å². The van der Waals surface area contributed by atoms with Gasteiger partial charge >= 0.3 is 0 Å². The molecule has 0 radical (unpaired) electrons. The third-order valence-corrected chi connectivity index (χ3v) is 6.53. The molecule has 0 atom stereocenters. The van der Waals surface area contributed by atoms with Crippen LogP contribution in [0.15, 0.2) is 36.7 Å². The van der Waals surface area contributed by atoms with Crippen molar-refractivity contribution in [3.63, 3.8) is 0 Å². The highest BCUT2D eigenvalue weighted by Gasteiger charge is 2.27. The maximum atomic E-state index is 12.8. The SMILES string of the molecule is Cn1cc(-c2ccc(C(=O)N3CCN(C4CCSCC4)CC3)cc2)cn1. The molecule has 1 amide bonds. The number of amides is 1. The maximum absolute atomic E-state index is 12.8. The van der Waals surface area contributed by atoms with Gasteiger partial charge in [0.2, 0.25) is 0 Å². The van der Waals surface area contributed by atoms with Crippen molar-refractivity contribution >= 4 is 17.7 Å². The smallest absolute Gasteiger partial charge is 0.253 e. The number of nitrogens with zero attached hydrogens (tertiary/aromatic N) is 4. The number of rotatable bonds is 3. The van der Waals surface area contributed by atoms with E-state index in [4.69, 9.17) is 0 Å². The van der Waals surface area contributed by atoms with Crippen molar-refractivity contribution in [2.75, 3.05) is 37.7 Å². The van der Waals surface area contributed by atoms with Gasteiger partial charge in [0.15, 0.2) is 0 Å². The predicted molar refractivity (Wildman–Crippen MR) is 106 cm³/mol. The summed E-state index contributed by atoms with van der Waals surface area (Å²) in [6.45, 7) is 3.70. The van der Waals surface area contributed by atoms with E-state index in [9.17, 15) is 4.79 Å². The highest BCUT2D eigenvalue weighted by molar-refractivity contribution is 7.99. The Hall–Kier alpha value is -1.79. The lowest BCUT2D eigenvalue weighted by Gasteiger charge is -2.40. The average Bonchev–Trinajstić information content (AvgIpc) is 3.15. The molecule has 2 saturated heterocycles. The molecule has 1 aromatic carbocycles. The molecule has 0 spiro atoms. The molecule has 2 fully saturated rings. The summed E-state index contributed by atoms with van der Waals surface area (Å²) in [6, 6.07) is 8.64. The van der Waals surface area contributed by atoms with Crippen molar-refractivity contribution in [2.24, 2.45) is 7.05 Å². The van der Waals surface area contributed by atoms with Gasteiger partial charge in [-0.3, -0.25) is 14.4 Å². The van der Waals surface area contributed by atoms with Gasteiger partial charge in [-0.05, 0) is 42.0 Å². The van der Waals surface area contributed by atoms with Crippen LogP contribution >= 0.6 is 11.8 Å². The van der Waals surface area contributed by atoms with Gasteiger partial charge in [0.1, 0.15) is 0 Å². The Bertz CT molecular complexity index is 743. The highest BCUT2D eigenvalue weighted by atomic mass is 32.2. The Morgan fingerprint density at radius 3 is 2.35 bits per heavy atom. The molecule has 0 N–H and O–H groups in total. The number of aryl methyl sites for hydroxylation is 1. The predicted octanol–water partition coefficient (Wildman–Crippen LogP) is 2.74. The van der Waals surface area contributed by atoms with Gasteiger partial charge in [-0.2, -0.15) is 16.9 Å². The van der Waals surface area contributed by atoms with Crippen molar-refractivity contribution in [2.45, 2.75) is 18.9 Å². The molecule has 2 aromatic rings. The van der Waals surface area contributed by atoms with Crippen LogP contribution in [0.3, 0.4) is 0 Å². The number of benzene rings is 1. The molecule has 2 aliphatic rings. The van der Waals surface area contributed by atoms with Gasteiger partial charge in [-0.15, -0.1) is 0 Å². The minimum atomic E-state index is 0.154. The Morgan fingerprint density at radius 2 is 1.73 bits per heavy atom. The zero-order chi connectivity index (χ0) is 17.9. The molecule has 2 aliphatic heterocycles. The van der Waals surface area contributed by atoms with E-state index in [0.717, 1.165) is 48.9 Å². The number of aromatic nitrogens is 2. The minimum Gasteiger partial charge on any atom is -0.336 e. The number of thioether (sulfide) groups is 1. The first-order valence-electron chi connectivity index (χ1n) is 9.41. The van der Waals surface area contributed by atoms with Crippen LogP contribution in [0.5, 0.6) is 0 Å². The second kappa shape index (κ2) is 7.84. The number of carbonyl (C=O) groups is 1. The summed E-state index contributed by atoms with van der Waals surface area (Å²) in [4.78, 5) is 17.4. The number of carbonyl (C=O) groups excluding carboxylic acids is 1. The molecule has 0 aliphatic carbocycles. The maximum Gasteiger partial charge on any atom is 0.253 e. The van der Waals surface area contributed by atoms with E-state index < -0.39 is 0 Å². The van der Waals surface area contributed by atoms with Crippen molar-refractivity contribution < 1.29 is 4.79 Å². The van der Waals surface area contributed by atoms with Crippen LogP contribution in [0.1, 0.15) is 23.2 Å². The molecule has 5 nitrogen and oxygen atoms in total. The van der Waals surface area contributed by atoms with E-state index in [0.29, 0.717) is 0 Å². The van der Waals surface area contributed by atoms with Crippen molar-refractivity contribution in [1.29, 1.82) is 0 Å². The average molecular weight is 371 g/mol. The molecule has 0 unspecified atom stereocenters. The standard InChI is InChI=1S/C20H26N4OS/c1-22-15-18(14-21-22)16-2-4-17(5-3-16)20(25)24-10-8-23(9-11-24)19-6-12-26-13-7-19/h2-5,14-15,19H,6-13H2,1H3. The number of hydrogen-bond donors (Lipinski definition) is 0. The summed E-state index contributed by atoms with van der Waals surface area (Å²) < 4.78 is 1.79. The lowest BCUT2D eigenvalue weighted by atomic mass is 10.1. The molecular formula is C20H26N4OS. The fourth-order valence-electron chi connectivity index (χ4n) is 3.90. The Labute approximate surface area is 159 Å². The van der Waals surface area contributed by atoms with Crippen molar-refractivity contribution in [3.05, 3.63) is 42.2 Å². The van der Waals surface area contributed by atoms with Gasteiger partial charge < -0.3 is 4.90 Å². The molecular weight excluding hydrogens is 344 g/mol. The number of hydrogen-bond acceptors (Lipinski definition) is 4. The highest BCUT2D eigenvalue weighted by Crippen LogP contribution is 2.23. The Kier molecular flexibility index (Phi) is 5.31. The van der Waals surface area contributed by atoms with Crippen LogP contribution < -0.4 is 0 Å². The van der Waals surface area contributed by atoms with Gasteiger partial charge in [-0.1, -0.05) is 12.1 Å². The lowest BCUT2D eigenvalue weighted by Crippen LogP contribution is -2.52. The fraction of sp³-hybridized carbons (Fsp3) is 0.500. The van der Waals surface area contributed by atoms with Gasteiger partial charge in [0.05, 0.1) is 6.20 Å². The summed E-state index contributed by atoms with van der Waals surface area (Å²) in [5.74, 6) is 2.72. The minimum absolute atomic E-state index is 0.154. The van der Waals surface area contributed by atoms with Crippen LogP contribution in [0.2, 0.25) is 0 Å². The third-order valence-electron chi connectivity index (χ3n) is 5.48. The summed E-state index contributed by atoms with van der Waals surface area (Å²) >= 11 is 2.07. The molecule has 1 aromatic heterocycles. The van der Waals surface area contributed by atoms with E-state index in [1.54, 1.807) is 4.68 Å². The van der Waals surface area contributed by atoms with Crippen LogP contribution in [0.4, 0.5) is 0 Å². The molecule has 0 bridgehead atoms. The van der Waals surface area contributed by atoms with Gasteiger partial charge in [0, 0.05) is 56.6 Å². The molecule has 138 valence electrons. The van der Waals surface area contributed by atoms with Crippen LogP contribution in [-0.2, 0) is 7.05 Å². The van der Waals surface area contributed by atoms with Crippen LogP contribution in [0, 0.1) is 0 Å². The Morgan fingerprint density at radius 1 is 1.04 bits per heavy atom. The van der Waals surface area contributed by atoms with E-state index in [1.165, 1.54) is 24.3 Å². The van der Waals surface area contributed by atoms with Crippen LogP contribution in [0.25, 0.3) is 11.1 Å². The second-order valence-corrected chi connectivity index (χ2v) is 8.38. The van der Waals surface area contributed by atoms with Crippen molar-refractivity contribution in [3.8, 4) is 11.1 Å². The summed E-state index contributed by atoms with van der Waals surface area (Å²) in [7, 11) is 1.91. The first kappa shape index (κ1) is 17.6. The van der Waals surface area contributed by atoms with E-state index in [1.807, 2.05) is 48.6 Å². The zero-order valence-corrected chi connectivity index (χ0v) is 16.1. The molecule has 4 rings (SSSR count). The molecule has 0 saturated carbocycles. The second-order valence-electron chi connectivity index (χ2n) is 7.15. The monoisotopic (exact) mass is 370 g/mol. The summed E-state index contributed by atoms with van der Waals surface area (Å²) in [6.07, 6.45) is 6.43. The molecule has 26 heavy (non-hydrogen) atoms. The topological polar surface area (TPSA) is 41.4 Å². The van der Waals surface area contributed by atoms with Gasteiger partial charge in [0.25, 0.3) is 5.91 Å². The van der Waals surface area contributed by atoms with Crippen LogP contribution in [-0.4, -0.2) is 69.2 Å². The fourth-order valence-corrected chi connectivity index (χ4v) is 4.98. The summed E-state index contributed by atoms with van der Waals surface area (Å²) in [5.41, 5.74) is 2.94. The lowest BCUT2D eigenvalue weighted by molar-refractivity contribution is 0.0559. The van der Waals surface area contributed by atoms with E-state index in [-0.39, 0.29) is 5.91 Å². The Balaban J connectivity index is 1.36. The third kappa shape index (κ3) is 3.81. The normalized spacial score (nSPS) is 19.7. The number of piperazine rings is 1. The first-order valence-corrected chi connectivity index (χ1v) is 10.6. The zero-order valence-electron chi connectivity index (χ0n) is 15.3. The molecule has 6 heteroatoms. The quantitative estimate of drug-likeness (QED) is 0.833. The largest absolute Gasteiger partial charge is 0.336 e.